The van der Waals surface area contributed by atoms with Gasteiger partial charge in [0.05, 0.1) is 0 Å². The monoisotopic (exact) mass is 258 g/mol. The van der Waals surface area contributed by atoms with E-state index in [0.29, 0.717) is 5.92 Å². The van der Waals surface area contributed by atoms with Crippen LogP contribution in [0.25, 0.3) is 16.7 Å². The highest BCUT2D eigenvalue weighted by atomic mass is 14.3. The molecule has 1 aliphatic rings. The van der Waals surface area contributed by atoms with Crippen molar-refractivity contribution in [3.8, 4) is 11.1 Å². The van der Waals surface area contributed by atoms with Gasteiger partial charge in [-0.25, -0.2) is 0 Å². The average molecular weight is 258 g/mol. The third kappa shape index (κ3) is 1.94. The maximum atomic E-state index is 3.93. The summed E-state index contributed by atoms with van der Waals surface area (Å²) in [5.74, 6) is 0.372. The molecule has 1 atom stereocenters. The second kappa shape index (κ2) is 5.34. The molecule has 0 aromatic heterocycles. The summed E-state index contributed by atoms with van der Waals surface area (Å²) in [5, 5.41) is 0. The van der Waals surface area contributed by atoms with Crippen molar-refractivity contribution in [1.29, 1.82) is 0 Å². The SMILES string of the molecule is C=C/C=C1\c2ccccc2-c2ccccc2C1CC=C. The lowest BCUT2D eigenvalue weighted by atomic mass is 9.74. The number of hydrogen-bond acceptors (Lipinski definition) is 0. The molecule has 0 heteroatoms. The van der Waals surface area contributed by atoms with Crippen LogP contribution in [-0.4, -0.2) is 0 Å². The van der Waals surface area contributed by atoms with Crippen molar-refractivity contribution in [2.24, 2.45) is 0 Å². The van der Waals surface area contributed by atoms with E-state index in [-0.39, 0.29) is 0 Å². The molecule has 20 heavy (non-hydrogen) atoms. The van der Waals surface area contributed by atoms with Gasteiger partial charge in [-0.15, -0.1) is 6.58 Å². The Kier molecular flexibility index (Phi) is 3.39. The number of benzene rings is 2. The van der Waals surface area contributed by atoms with Crippen LogP contribution >= 0.6 is 0 Å². The van der Waals surface area contributed by atoms with Crippen LogP contribution in [0.3, 0.4) is 0 Å². The third-order valence-electron chi connectivity index (χ3n) is 3.94. The molecule has 0 spiro atoms. The highest BCUT2D eigenvalue weighted by molar-refractivity contribution is 5.91. The van der Waals surface area contributed by atoms with Crippen LogP contribution in [0.15, 0.2) is 79.9 Å². The number of allylic oxidation sites excluding steroid dienone is 4. The summed E-state index contributed by atoms with van der Waals surface area (Å²) >= 11 is 0. The Morgan fingerprint density at radius 3 is 2.20 bits per heavy atom. The van der Waals surface area contributed by atoms with Crippen molar-refractivity contribution < 1.29 is 0 Å². The van der Waals surface area contributed by atoms with Crippen molar-refractivity contribution in [2.45, 2.75) is 12.3 Å². The van der Waals surface area contributed by atoms with Gasteiger partial charge >= 0.3 is 0 Å². The van der Waals surface area contributed by atoms with Crippen LogP contribution in [0.2, 0.25) is 0 Å². The highest BCUT2D eigenvalue weighted by Crippen LogP contribution is 2.47. The molecule has 1 unspecified atom stereocenters. The zero-order valence-corrected chi connectivity index (χ0v) is 11.5. The molecule has 3 rings (SSSR count). The molecule has 0 amide bonds. The normalized spacial score (nSPS) is 18.2. The van der Waals surface area contributed by atoms with Crippen LogP contribution in [-0.2, 0) is 0 Å². The molecule has 0 N–H and O–H groups in total. The van der Waals surface area contributed by atoms with Gasteiger partial charge < -0.3 is 0 Å². The van der Waals surface area contributed by atoms with Gasteiger partial charge in [-0.3, -0.25) is 0 Å². The number of hydrogen-bond donors (Lipinski definition) is 0. The average Bonchev–Trinajstić information content (AvgIpc) is 2.51. The Hall–Kier alpha value is -2.34. The lowest BCUT2D eigenvalue weighted by Crippen LogP contribution is -2.10. The van der Waals surface area contributed by atoms with Gasteiger partial charge in [0.1, 0.15) is 0 Å². The fourth-order valence-electron chi connectivity index (χ4n) is 3.12. The van der Waals surface area contributed by atoms with Gasteiger partial charge in [-0.1, -0.05) is 73.3 Å². The lowest BCUT2D eigenvalue weighted by molar-refractivity contribution is 0.878. The van der Waals surface area contributed by atoms with E-state index in [1.54, 1.807) is 0 Å². The second-order valence-electron chi connectivity index (χ2n) is 5.07. The first kappa shape index (κ1) is 12.7. The molecule has 0 fully saturated rings. The van der Waals surface area contributed by atoms with Crippen molar-refractivity contribution >= 4 is 5.57 Å². The zero-order valence-electron chi connectivity index (χ0n) is 11.5. The fourth-order valence-corrected chi connectivity index (χ4v) is 3.12. The van der Waals surface area contributed by atoms with E-state index in [0.717, 1.165) is 6.42 Å². The standard InChI is InChI=1S/C20H18/c1-3-9-15-16(10-4-2)18-12-6-8-14-20(18)19-13-7-5-11-17(15)19/h3-9,11-14,16H,1-2,10H2/b15-9-. The molecule has 0 aliphatic heterocycles. The summed E-state index contributed by atoms with van der Waals surface area (Å²) < 4.78 is 0. The Balaban J connectivity index is 2.31. The van der Waals surface area contributed by atoms with Crippen LogP contribution < -0.4 is 0 Å². The summed E-state index contributed by atoms with van der Waals surface area (Å²) in [5.41, 5.74) is 6.71. The Bertz CT molecular complexity index is 689. The van der Waals surface area contributed by atoms with Crippen LogP contribution in [0, 0.1) is 0 Å². The maximum absolute atomic E-state index is 3.93. The molecule has 0 heterocycles. The molecule has 2 aromatic carbocycles. The smallest absolute Gasteiger partial charge is 0.0136 e. The van der Waals surface area contributed by atoms with Crippen molar-refractivity contribution in [3.05, 3.63) is 91.0 Å². The van der Waals surface area contributed by atoms with Gasteiger partial charge in [0.25, 0.3) is 0 Å². The van der Waals surface area contributed by atoms with Crippen molar-refractivity contribution in [1.82, 2.24) is 0 Å². The molecule has 2 aromatic rings. The minimum Gasteiger partial charge on any atom is -0.103 e. The first-order valence-electron chi connectivity index (χ1n) is 6.99. The summed E-state index contributed by atoms with van der Waals surface area (Å²) in [6.07, 6.45) is 6.98. The van der Waals surface area contributed by atoms with Gasteiger partial charge in [0.2, 0.25) is 0 Å². The summed E-state index contributed by atoms with van der Waals surface area (Å²) in [7, 11) is 0. The topological polar surface area (TPSA) is 0 Å². The van der Waals surface area contributed by atoms with E-state index >= 15 is 0 Å². The highest BCUT2D eigenvalue weighted by Gasteiger charge is 2.27. The zero-order chi connectivity index (χ0) is 13.9. The van der Waals surface area contributed by atoms with Gasteiger partial charge in [-0.05, 0) is 34.2 Å². The van der Waals surface area contributed by atoms with E-state index < -0.39 is 0 Å². The van der Waals surface area contributed by atoms with Crippen molar-refractivity contribution in [3.63, 3.8) is 0 Å². The van der Waals surface area contributed by atoms with Gasteiger partial charge in [0, 0.05) is 5.92 Å². The quantitative estimate of drug-likeness (QED) is 0.629. The maximum Gasteiger partial charge on any atom is 0.0136 e. The molecule has 0 bridgehead atoms. The summed E-state index contributed by atoms with van der Waals surface area (Å²) in [4.78, 5) is 0. The minimum absolute atomic E-state index is 0.372. The fraction of sp³-hybridized carbons (Fsp3) is 0.100. The molecule has 0 radical (unpaired) electrons. The summed E-state index contributed by atoms with van der Waals surface area (Å²) in [6, 6.07) is 17.3. The molecular weight excluding hydrogens is 240 g/mol. The van der Waals surface area contributed by atoms with E-state index in [1.807, 2.05) is 12.2 Å². The van der Waals surface area contributed by atoms with E-state index in [2.05, 4.69) is 67.8 Å². The van der Waals surface area contributed by atoms with Crippen LogP contribution in [0.5, 0.6) is 0 Å². The number of fused-ring (bicyclic) bond motifs is 3. The van der Waals surface area contributed by atoms with E-state index in [9.17, 15) is 0 Å². The first-order valence-corrected chi connectivity index (χ1v) is 6.99. The van der Waals surface area contributed by atoms with E-state index in [4.69, 9.17) is 0 Å². The first-order chi connectivity index (χ1) is 9.86. The van der Waals surface area contributed by atoms with E-state index in [1.165, 1.54) is 27.8 Å². The second-order valence-corrected chi connectivity index (χ2v) is 5.07. The molecule has 1 aliphatic carbocycles. The Morgan fingerprint density at radius 1 is 0.850 bits per heavy atom. The largest absolute Gasteiger partial charge is 0.103 e. The number of rotatable bonds is 3. The Morgan fingerprint density at radius 2 is 1.50 bits per heavy atom. The molecule has 0 nitrogen and oxygen atoms in total. The molecular formula is C20H18. The minimum atomic E-state index is 0.372. The lowest BCUT2D eigenvalue weighted by Gasteiger charge is -2.30. The third-order valence-corrected chi connectivity index (χ3v) is 3.94. The molecule has 98 valence electrons. The predicted octanol–water partition coefficient (Wildman–Crippen LogP) is 5.60. The Labute approximate surface area is 120 Å². The summed E-state index contributed by atoms with van der Waals surface area (Å²) in [6.45, 7) is 7.80. The van der Waals surface area contributed by atoms with Gasteiger partial charge in [0.15, 0.2) is 0 Å². The van der Waals surface area contributed by atoms with Crippen molar-refractivity contribution in [2.75, 3.05) is 0 Å². The van der Waals surface area contributed by atoms with Crippen LogP contribution in [0.4, 0.5) is 0 Å². The molecule has 0 saturated carbocycles. The molecule has 0 saturated heterocycles. The predicted molar refractivity (Wildman–Crippen MR) is 87.6 cm³/mol. The van der Waals surface area contributed by atoms with Crippen LogP contribution in [0.1, 0.15) is 23.5 Å². The van der Waals surface area contributed by atoms with Gasteiger partial charge in [-0.2, -0.15) is 0 Å².